The minimum Gasteiger partial charge on any atom is -0.357 e. The van der Waals surface area contributed by atoms with Gasteiger partial charge in [0.05, 0.1) is 14.1 Å². The van der Waals surface area contributed by atoms with Crippen molar-refractivity contribution in [2.75, 3.05) is 27.2 Å². The summed E-state index contributed by atoms with van der Waals surface area (Å²) < 4.78 is 6.58. The molecule has 0 saturated carbocycles. The predicted octanol–water partition coefficient (Wildman–Crippen LogP) is 2.68. The molecule has 21 heavy (non-hydrogen) atoms. The van der Waals surface area contributed by atoms with E-state index in [0.29, 0.717) is 17.6 Å². The van der Waals surface area contributed by atoms with Gasteiger partial charge in [0.15, 0.2) is 0 Å². The molecule has 2 unspecified atom stereocenters. The molecule has 1 heterocycles. The fraction of sp³-hybridized carbons (Fsp3) is 0.333. The van der Waals surface area contributed by atoms with Gasteiger partial charge in [0.1, 0.15) is 19.2 Å². The van der Waals surface area contributed by atoms with Crippen molar-refractivity contribution < 1.29 is 14.3 Å². The molecule has 0 aromatic heterocycles. The number of quaternary nitrogens is 1. The smallest absolute Gasteiger partial charge is 0.243 e. The Bertz CT molecular complexity index is 597. The number of hydrogen-bond donors (Lipinski definition) is 1. The summed E-state index contributed by atoms with van der Waals surface area (Å²) in [7, 11) is 4.29. The predicted molar refractivity (Wildman–Crippen MR) is 82.4 cm³/mol. The second kappa shape index (κ2) is 5.26. The van der Waals surface area contributed by atoms with E-state index in [2.05, 4.69) is 26.2 Å². The van der Waals surface area contributed by atoms with Crippen LogP contribution in [0.15, 0.2) is 60.7 Å². The van der Waals surface area contributed by atoms with Crippen LogP contribution in [0.25, 0.3) is 0 Å². The van der Waals surface area contributed by atoms with E-state index in [0.717, 1.165) is 5.56 Å². The third kappa shape index (κ3) is 2.72. The topological polar surface area (TPSA) is 29.5 Å². The fourth-order valence-electron chi connectivity index (χ4n) is 3.17. The Morgan fingerprint density at radius 2 is 1.57 bits per heavy atom. The van der Waals surface area contributed by atoms with Crippen molar-refractivity contribution in [1.29, 1.82) is 0 Å². The highest BCUT2D eigenvalue weighted by Gasteiger charge is 2.47. The van der Waals surface area contributed by atoms with Gasteiger partial charge in [-0.3, -0.25) is 0 Å². The quantitative estimate of drug-likeness (QED) is 0.859. The van der Waals surface area contributed by atoms with Gasteiger partial charge in [0, 0.05) is 11.1 Å². The van der Waals surface area contributed by atoms with E-state index in [4.69, 9.17) is 4.74 Å². The van der Waals surface area contributed by atoms with Crippen molar-refractivity contribution in [3.63, 3.8) is 0 Å². The molecule has 0 radical (unpaired) electrons. The summed E-state index contributed by atoms with van der Waals surface area (Å²) in [5, 5.41) is 10.9. The average molecular weight is 284 g/mol. The van der Waals surface area contributed by atoms with E-state index in [1.807, 2.05) is 48.5 Å². The van der Waals surface area contributed by atoms with Gasteiger partial charge in [-0.15, -0.1) is 0 Å². The summed E-state index contributed by atoms with van der Waals surface area (Å²) >= 11 is 0. The molecule has 110 valence electrons. The molecule has 0 aliphatic carbocycles. The van der Waals surface area contributed by atoms with Gasteiger partial charge < -0.3 is 14.3 Å². The van der Waals surface area contributed by atoms with Crippen LogP contribution in [0.4, 0.5) is 0 Å². The fourth-order valence-corrected chi connectivity index (χ4v) is 3.17. The number of nitrogens with zero attached hydrogens (tertiary/aromatic N) is 1. The molecule has 1 aliphatic heterocycles. The second-order valence-corrected chi connectivity index (χ2v) is 6.32. The Labute approximate surface area is 126 Å². The van der Waals surface area contributed by atoms with E-state index in [-0.39, 0.29) is 6.04 Å². The molecule has 0 amide bonds. The van der Waals surface area contributed by atoms with Crippen LogP contribution in [0, 0.1) is 0 Å². The molecule has 3 heteroatoms. The van der Waals surface area contributed by atoms with Gasteiger partial charge in [0.2, 0.25) is 5.79 Å². The van der Waals surface area contributed by atoms with Crippen molar-refractivity contribution in [1.82, 2.24) is 0 Å². The summed E-state index contributed by atoms with van der Waals surface area (Å²) in [6, 6.07) is 20.2. The number of ether oxygens (including phenoxy) is 1. The lowest BCUT2D eigenvalue weighted by atomic mass is 9.97. The summed E-state index contributed by atoms with van der Waals surface area (Å²) in [4.78, 5) is 0. The summed E-state index contributed by atoms with van der Waals surface area (Å²) in [6.45, 7) is 1.03. The van der Waals surface area contributed by atoms with Crippen molar-refractivity contribution >= 4 is 0 Å². The van der Waals surface area contributed by atoms with E-state index >= 15 is 0 Å². The molecule has 3 nitrogen and oxygen atoms in total. The molecule has 1 aliphatic rings. The Kier molecular flexibility index (Phi) is 3.57. The van der Waals surface area contributed by atoms with E-state index in [1.54, 1.807) is 0 Å². The first-order valence-corrected chi connectivity index (χ1v) is 7.31. The normalized spacial score (nSPS) is 28.2. The van der Waals surface area contributed by atoms with Crippen LogP contribution in [0.5, 0.6) is 0 Å². The zero-order valence-corrected chi connectivity index (χ0v) is 12.6. The van der Waals surface area contributed by atoms with Gasteiger partial charge in [-0.05, 0) is 0 Å². The van der Waals surface area contributed by atoms with Crippen LogP contribution in [0.2, 0.25) is 0 Å². The summed E-state index contributed by atoms with van der Waals surface area (Å²) in [6.07, 6.45) is 0. The van der Waals surface area contributed by atoms with Crippen LogP contribution in [-0.4, -0.2) is 36.8 Å². The molecule has 1 saturated heterocycles. The summed E-state index contributed by atoms with van der Waals surface area (Å²) in [5.74, 6) is -1.21. The highest BCUT2D eigenvalue weighted by Crippen LogP contribution is 2.38. The third-order valence-electron chi connectivity index (χ3n) is 4.35. The zero-order valence-electron chi connectivity index (χ0n) is 12.6. The number of benzene rings is 2. The SMILES string of the molecule is C[N+]1(C)CC(O)(c2ccccc2)OCC1c1ccccc1. The van der Waals surface area contributed by atoms with E-state index in [1.165, 1.54) is 5.56 Å². The Balaban J connectivity index is 1.88. The van der Waals surface area contributed by atoms with Crippen molar-refractivity contribution in [3.8, 4) is 0 Å². The van der Waals surface area contributed by atoms with Crippen LogP contribution in [-0.2, 0) is 10.5 Å². The number of likely N-dealkylation sites (N-methyl/N-ethyl adjacent to an activating group) is 1. The standard InChI is InChI=1S/C18H22NO2/c1-19(2)14-18(20,16-11-7-4-8-12-16)21-13-17(19)15-9-5-3-6-10-15/h3-12,17,20H,13-14H2,1-2H3/q+1. The molecule has 0 bridgehead atoms. The second-order valence-electron chi connectivity index (χ2n) is 6.32. The minimum atomic E-state index is -1.21. The molecule has 2 aromatic rings. The maximum Gasteiger partial charge on any atom is 0.243 e. The molecule has 2 aromatic carbocycles. The molecular weight excluding hydrogens is 262 g/mol. The number of aliphatic hydroxyl groups is 1. The molecule has 3 rings (SSSR count). The number of hydrogen-bond acceptors (Lipinski definition) is 2. The summed E-state index contributed by atoms with van der Waals surface area (Å²) in [5.41, 5.74) is 2.07. The van der Waals surface area contributed by atoms with Crippen LogP contribution >= 0.6 is 0 Å². The number of rotatable bonds is 2. The number of morpholine rings is 1. The highest BCUT2D eigenvalue weighted by molar-refractivity contribution is 5.22. The first-order chi connectivity index (χ1) is 10.0. The monoisotopic (exact) mass is 284 g/mol. The van der Waals surface area contributed by atoms with Crippen molar-refractivity contribution in [2.24, 2.45) is 0 Å². The molecule has 1 N–H and O–H groups in total. The first-order valence-electron chi connectivity index (χ1n) is 7.31. The average Bonchev–Trinajstić information content (AvgIpc) is 2.48. The van der Waals surface area contributed by atoms with Crippen molar-refractivity contribution in [3.05, 3.63) is 71.8 Å². The lowest BCUT2D eigenvalue weighted by Gasteiger charge is -2.48. The van der Waals surface area contributed by atoms with Crippen LogP contribution < -0.4 is 0 Å². The third-order valence-corrected chi connectivity index (χ3v) is 4.35. The largest absolute Gasteiger partial charge is 0.357 e. The van der Waals surface area contributed by atoms with Gasteiger partial charge in [-0.25, -0.2) is 0 Å². The maximum absolute atomic E-state index is 10.9. The molecule has 1 fully saturated rings. The Morgan fingerprint density at radius 3 is 2.14 bits per heavy atom. The molecule has 0 spiro atoms. The van der Waals surface area contributed by atoms with Gasteiger partial charge >= 0.3 is 0 Å². The van der Waals surface area contributed by atoms with E-state index < -0.39 is 5.79 Å². The van der Waals surface area contributed by atoms with Gasteiger partial charge in [-0.2, -0.15) is 0 Å². The lowest BCUT2D eigenvalue weighted by Crippen LogP contribution is -2.59. The lowest BCUT2D eigenvalue weighted by molar-refractivity contribution is -0.943. The highest BCUT2D eigenvalue weighted by atomic mass is 16.6. The Morgan fingerprint density at radius 1 is 1.00 bits per heavy atom. The van der Waals surface area contributed by atoms with Crippen LogP contribution in [0.3, 0.4) is 0 Å². The van der Waals surface area contributed by atoms with E-state index in [9.17, 15) is 5.11 Å². The van der Waals surface area contributed by atoms with Crippen LogP contribution in [0.1, 0.15) is 17.2 Å². The zero-order chi connectivity index (χ0) is 14.9. The molecular formula is C18H22NO2+. The van der Waals surface area contributed by atoms with Gasteiger partial charge in [0.25, 0.3) is 0 Å². The molecule has 2 atom stereocenters. The Hall–Kier alpha value is -1.68. The first kappa shape index (κ1) is 14.3. The maximum atomic E-state index is 10.9. The van der Waals surface area contributed by atoms with Gasteiger partial charge in [-0.1, -0.05) is 60.7 Å². The van der Waals surface area contributed by atoms with Crippen molar-refractivity contribution in [2.45, 2.75) is 11.8 Å². The minimum absolute atomic E-state index is 0.232.